The first-order valence-electron chi connectivity index (χ1n) is 9.08. The largest absolute Gasteiger partial charge is 0.274 e. The minimum absolute atomic E-state index is 0.273. The molecule has 3 aliphatic rings. The first kappa shape index (κ1) is 18.1. The Balaban J connectivity index is 1.59. The molecule has 0 aromatic heterocycles. The van der Waals surface area contributed by atoms with Crippen LogP contribution in [0.3, 0.4) is 0 Å². The molecule has 3 saturated heterocycles. The minimum Gasteiger partial charge on any atom is -0.274 e. The summed E-state index contributed by atoms with van der Waals surface area (Å²) in [5.74, 6) is -1.45. The van der Waals surface area contributed by atoms with Crippen molar-refractivity contribution in [3.63, 3.8) is 0 Å². The third-order valence-corrected chi connectivity index (χ3v) is 6.16. The van der Waals surface area contributed by atoms with Crippen molar-refractivity contribution in [1.29, 1.82) is 0 Å². The first-order valence-corrected chi connectivity index (χ1v) is 9.84. The van der Waals surface area contributed by atoms with Gasteiger partial charge in [-0.1, -0.05) is 35.3 Å². The Kier molecular flexibility index (Phi) is 4.21. The number of fused-ring (bicyclic) bond motifs is 3. The molecule has 0 saturated carbocycles. The van der Waals surface area contributed by atoms with Crippen molar-refractivity contribution in [2.75, 3.05) is 18.0 Å². The normalized spacial score (nSPS) is 27.5. The highest BCUT2D eigenvalue weighted by Gasteiger charge is 2.62. The number of anilines is 1. The maximum absolute atomic E-state index is 13.4. The van der Waals surface area contributed by atoms with Gasteiger partial charge in [-0.3, -0.25) is 9.59 Å². The van der Waals surface area contributed by atoms with Crippen LogP contribution in [0.15, 0.2) is 42.5 Å². The standard InChI is InChI=1S/C20H16Cl2FN3O2/c21-12-8-13(22)10-15(9-12)26-19(27)16-17(11-2-4-14(23)5-3-11)24-6-1-7-25(24)18(16)20(26)28/h2-5,8-10,16-18H,1,6-7H2/t16-,17-,18+/m1/s1. The number of hydrazine groups is 1. The van der Waals surface area contributed by atoms with E-state index in [0.717, 1.165) is 18.5 Å². The molecule has 5 rings (SSSR count). The van der Waals surface area contributed by atoms with E-state index in [1.54, 1.807) is 30.3 Å². The number of carbonyl (C=O) groups excluding carboxylic acids is 2. The molecule has 0 N–H and O–H groups in total. The van der Waals surface area contributed by atoms with E-state index in [-0.39, 0.29) is 23.7 Å². The van der Waals surface area contributed by atoms with E-state index in [1.165, 1.54) is 17.0 Å². The van der Waals surface area contributed by atoms with E-state index < -0.39 is 12.0 Å². The van der Waals surface area contributed by atoms with Crippen molar-refractivity contribution in [2.45, 2.75) is 18.5 Å². The molecule has 0 bridgehead atoms. The van der Waals surface area contributed by atoms with Gasteiger partial charge in [-0.25, -0.2) is 19.3 Å². The van der Waals surface area contributed by atoms with Crippen LogP contribution in [-0.2, 0) is 9.59 Å². The SMILES string of the molecule is O=C1[C@H]2[C@@H](C(=O)N1c1cc(Cl)cc(Cl)c1)N1CCCN1[C@@H]2c1ccc(F)cc1. The number of imide groups is 1. The molecular weight excluding hydrogens is 404 g/mol. The molecule has 3 aliphatic heterocycles. The van der Waals surface area contributed by atoms with Gasteiger partial charge in [-0.15, -0.1) is 0 Å². The Labute approximate surface area is 171 Å². The second-order valence-electron chi connectivity index (χ2n) is 7.29. The number of benzene rings is 2. The number of hydrogen-bond donors (Lipinski definition) is 0. The number of carbonyl (C=O) groups is 2. The third kappa shape index (κ3) is 2.59. The molecule has 2 aromatic carbocycles. The van der Waals surface area contributed by atoms with Crippen LogP contribution in [0.4, 0.5) is 10.1 Å². The smallest absolute Gasteiger partial charge is 0.253 e. The zero-order chi connectivity index (χ0) is 19.6. The Morgan fingerprint density at radius 1 is 0.857 bits per heavy atom. The first-order chi connectivity index (χ1) is 13.5. The summed E-state index contributed by atoms with van der Waals surface area (Å²) in [5.41, 5.74) is 1.21. The Hall–Kier alpha value is -1.99. The molecule has 0 aliphatic carbocycles. The van der Waals surface area contributed by atoms with Crippen molar-refractivity contribution in [3.05, 3.63) is 63.9 Å². The number of rotatable bonds is 2. The van der Waals surface area contributed by atoms with Gasteiger partial charge in [0.2, 0.25) is 5.91 Å². The average molecular weight is 420 g/mol. The fraction of sp³-hybridized carbons (Fsp3) is 0.300. The van der Waals surface area contributed by atoms with Crippen LogP contribution in [0.25, 0.3) is 0 Å². The molecule has 0 unspecified atom stereocenters. The van der Waals surface area contributed by atoms with Gasteiger partial charge in [0.15, 0.2) is 0 Å². The van der Waals surface area contributed by atoms with E-state index in [0.29, 0.717) is 22.3 Å². The van der Waals surface area contributed by atoms with Crippen molar-refractivity contribution in [1.82, 2.24) is 10.0 Å². The summed E-state index contributed by atoms with van der Waals surface area (Å²) in [4.78, 5) is 27.9. The van der Waals surface area contributed by atoms with Gasteiger partial charge in [0.05, 0.1) is 17.6 Å². The summed E-state index contributed by atoms with van der Waals surface area (Å²) in [7, 11) is 0. The molecule has 28 heavy (non-hydrogen) atoms. The number of amides is 2. The lowest BCUT2D eigenvalue weighted by molar-refractivity contribution is -0.126. The van der Waals surface area contributed by atoms with Crippen LogP contribution in [0, 0.1) is 11.7 Å². The summed E-state index contributed by atoms with van der Waals surface area (Å²) in [6.07, 6.45) is 0.908. The summed E-state index contributed by atoms with van der Waals surface area (Å²) < 4.78 is 13.4. The van der Waals surface area contributed by atoms with Crippen molar-refractivity contribution < 1.29 is 14.0 Å². The van der Waals surface area contributed by atoms with Crippen molar-refractivity contribution in [2.24, 2.45) is 5.92 Å². The van der Waals surface area contributed by atoms with Gasteiger partial charge in [-0.05, 0) is 42.3 Å². The lowest BCUT2D eigenvalue weighted by Crippen LogP contribution is -2.44. The second kappa shape index (κ2) is 6.52. The highest BCUT2D eigenvalue weighted by atomic mass is 35.5. The van der Waals surface area contributed by atoms with Crippen LogP contribution in [0.1, 0.15) is 18.0 Å². The summed E-state index contributed by atoms with van der Waals surface area (Å²) >= 11 is 12.2. The van der Waals surface area contributed by atoms with E-state index in [2.05, 4.69) is 5.01 Å². The monoisotopic (exact) mass is 419 g/mol. The molecule has 2 amide bonds. The van der Waals surface area contributed by atoms with Gasteiger partial charge < -0.3 is 0 Å². The van der Waals surface area contributed by atoms with Gasteiger partial charge >= 0.3 is 0 Å². The van der Waals surface area contributed by atoms with Crippen LogP contribution in [0.2, 0.25) is 10.0 Å². The van der Waals surface area contributed by atoms with E-state index in [1.807, 2.05) is 5.01 Å². The molecule has 5 nitrogen and oxygen atoms in total. The lowest BCUT2D eigenvalue weighted by atomic mass is 9.90. The van der Waals surface area contributed by atoms with Gasteiger partial charge in [0.1, 0.15) is 11.9 Å². The number of halogens is 3. The van der Waals surface area contributed by atoms with E-state index >= 15 is 0 Å². The van der Waals surface area contributed by atoms with Crippen LogP contribution in [-0.4, -0.2) is 41.0 Å². The van der Waals surface area contributed by atoms with Crippen LogP contribution in [0.5, 0.6) is 0 Å². The second-order valence-corrected chi connectivity index (χ2v) is 8.16. The number of nitrogens with zero attached hydrogens (tertiary/aromatic N) is 3. The average Bonchev–Trinajstić information content (AvgIpc) is 3.27. The molecular formula is C20H16Cl2FN3O2. The molecule has 2 aromatic rings. The summed E-state index contributed by atoms with van der Waals surface area (Å²) in [6, 6.07) is 9.98. The van der Waals surface area contributed by atoms with Crippen molar-refractivity contribution >= 4 is 40.7 Å². The van der Waals surface area contributed by atoms with Gasteiger partial charge in [0.25, 0.3) is 5.91 Å². The quantitative estimate of drug-likeness (QED) is 0.696. The minimum atomic E-state index is -0.567. The third-order valence-electron chi connectivity index (χ3n) is 5.72. The Morgan fingerprint density at radius 3 is 2.11 bits per heavy atom. The van der Waals surface area contributed by atoms with Crippen LogP contribution < -0.4 is 4.90 Å². The fourth-order valence-electron chi connectivity index (χ4n) is 4.70. The Morgan fingerprint density at radius 2 is 1.46 bits per heavy atom. The van der Waals surface area contributed by atoms with Gasteiger partial charge in [0, 0.05) is 23.1 Å². The van der Waals surface area contributed by atoms with Crippen molar-refractivity contribution in [3.8, 4) is 0 Å². The van der Waals surface area contributed by atoms with Crippen LogP contribution >= 0.6 is 23.2 Å². The zero-order valence-electron chi connectivity index (χ0n) is 14.7. The topological polar surface area (TPSA) is 43.9 Å². The molecule has 3 fully saturated rings. The summed E-state index contributed by atoms with van der Waals surface area (Å²) in [5, 5.41) is 4.79. The highest BCUT2D eigenvalue weighted by Crippen LogP contribution is 2.49. The molecule has 0 spiro atoms. The maximum atomic E-state index is 13.4. The molecule has 144 valence electrons. The molecule has 3 heterocycles. The van der Waals surface area contributed by atoms with Gasteiger partial charge in [-0.2, -0.15) is 0 Å². The predicted molar refractivity (Wildman–Crippen MR) is 103 cm³/mol. The van der Waals surface area contributed by atoms with E-state index in [4.69, 9.17) is 23.2 Å². The maximum Gasteiger partial charge on any atom is 0.253 e. The molecule has 8 heteroatoms. The molecule has 3 atom stereocenters. The Bertz CT molecular complexity index is 964. The summed E-state index contributed by atoms with van der Waals surface area (Å²) in [6.45, 7) is 1.47. The van der Waals surface area contributed by atoms with E-state index in [9.17, 15) is 14.0 Å². The molecule has 0 radical (unpaired) electrons. The predicted octanol–water partition coefficient (Wildman–Crippen LogP) is 3.67. The fourth-order valence-corrected chi connectivity index (χ4v) is 5.21. The highest BCUT2D eigenvalue weighted by molar-refractivity contribution is 6.35. The lowest BCUT2D eigenvalue weighted by Gasteiger charge is -2.29. The zero-order valence-corrected chi connectivity index (χ0v) is 16.2. The number of hydrogen-bond acceptors (Lipinski definition) is 4.